The lowest BCUT2D eigenvalue weighted by Gasteiger charge is -2.20. The standard InChI is InChI=1S/C19H28O4Si/c1-12(2)7-8-14-17(20)13(3)15-11-23-19(21)16(15)18(14)22-9-10-24(4,5)6/h7,20H,8-11H2,1-6H3. The van der Waals surface area contributed by atoms with Gasteiger partial charge in [-0.2, -0.15) is 0 Å². The van der Waals surface area contributed by atoms with Crippen LogP contribution in [-0.2, 0) is 17.8 Å². The van der Waals surface area contributed by atoms with Crippen LogP contribution in [-0.4, -0.2) is 25.8 Å². The largest absolute Gasteiger partial charge is 0.507 e. The molecule has 0 aliphatic carbocycles. The van der Waals surface area contributed by atoms with Gasteiger partial charge in [0.1, 0.15) is 23.7 Å². The smallest absolute Gasteiger partial charge is 0.342 e. The van der Waals surface area contributed by atoms with Crippen molar-refractivity contribution >= 4 is 14.0 Å². The summed E-state index contributed by atoms with van der Waals surface area (Å²) in [4.78, 5) is 12.2. The third-order valence-corrected chi connectivity index (χ3v) is 5.97. The minimum absolute atomic E-state index is 0.209. The van der Waals surface area contributed by atoms with Gasteiger partial charge in [0.15, 0.2) is 0 Å². The van der Waals surface area contributed by atoms with Crippen LogP contribution in [0.25, 0.3) is 0 Å². The maximum absolute atomic E-state index is 12.2. The summed E-state index contributed by atoms with van der Waals surface area (Å²) >= 11 is 0. The number of ether oxygens (including phenoxy) is 2. The summed E-state index contributed by atoms with van der Waals surface area (Å²) in [7, 11) is -1.25. The molecule has 0 aromatic heterocycles. The molecule has 132 valence electrons. The molecule has 1 heterocycles. The highest BCUT2D eigenvalue weighted by molar-refractivity contribution is 6.76. The third kappa shape index (κ3) is 4.01. The second-order valence-electron chi connectivity index (χ2n) is 7.86. The van der Waals surface area contributed by atoms with Crippen LogP contribution in [0.3, 0.4) is 0 Å². The monoisotopic (exact) mass is 348 g/mol. The number of carbonyl (C=O) groups excluding carboxylic acids is 1. The minimum Gasteiger partial charge on any atom is -0.507 e. The predicted molar refractivity (Wildman–Crippen MR) is 98.7 cm³/mol. The van der Waals surface area contributed by atoms with Gasteiger partial charge in [-0.3, -0.25) is 0 Å². The second kappa shape index (κ2) is 7.01. The first-order valence-electron chi connectivity index (χ1n) is 8.42. The zero-order chi connectivity index (χ0) is 18.1. The average Bonchev–Trinajstić information content (AvgIpc) is 2.84. The van der Waals surface area contributed by atoms with Crippen molar-refractivity contribution in [1.82, 2.24) is 0 Å². The Morgan fingerprint density at radius 3 is 2.58 bits per heavy atom. The summed E-state index contributed by atoms with van der Waals surface area (Å²) in [6.07, 6.45) is 2.57. The van der Waals surface area contributed by atoms with Crippen LogP contribution in [0.1, 0.15) is 40.9 Å². The molecule has 0 radical (unpaired) electrons. The maximum atomic E-state index is 12.2. The Kier molecular flexibility index (Phi) is 5.43. The molecule has 4 nitrogen and oxygen atoms in total. The Morgan fingerprint density at radius 1 is 1.33 bits per heavy atom. The fourth-order valence-electron chi connectivity index (χ4n) is 2.67. The van der Waals surface area contributed by atoms with E-state index in [0.717, 1.165) is 17.2 Å². The first-order chi connectivity index (χ1) is 11.1. The van der Waals surface area contributed by atoms with Crippen molar-refractivity contribution in [2.45, 2.75) is 59.5 Å². The number of esters is 1. The van der Waals surface area contributed by atoms with Gasteiger partial charge in [-0.15, -0.1) is 0 Å². The van der Waals surface area contributed by atoms with E-state index in [1.165, 1.54) is 0 Å². The highest BCUT2D eigenvalue weighted by atomic mass is 28.3. The Balaban J connectivity index is 2.47. The fourth-order valence-corrected chi connectivity index (χ4v) is 3.39. The lowest BCUT2D eigenvalue weighted by molar-refractivity contribution is 0.0532. The van der Waals surface area contributed by atoms with Gasteiger partial charge >= 0.3 is 5.97 Å². The molecule has 0 saturated heterocycles. The maximum Gasteiger partial charge on any atom is 0.342 e. The number of hydrogen-bond acceptors (Lipinski definition) is 4. The Bertz CT molecular complexity index is 680. The molecule has 0 amide bonds. The molecule has 24 heavy (non-hydrogen) atoms. The van der Waals surface area contributed by atoms with Crippen molar-refractivity contribution < 1.29 is 19.4 Å². The number of carbonyl (C=O) groups is 1. The molecule has 0 saturated carbocycles. The van der Waals surface area contributed by atoms with Gasteiger partial charge in [0, 0.05) is 19.2 Å². The number of fused-ring (bicyclic) bond motifs is 1. The van der Waals surface area contributed by atoms with E-state index in [1.54, 1.807) is 0 Å². The highest BCUT2D eigenvalue weighted by Gasteiger charge is 2.32. The Hall–Kier alpha value is -1.75. The van der Waals surface area contributed by atoms with E-state index in [9.17, 15) is 9.90 Å². The normalized spacial score (nSPS) is 13.5. The molecular formula is C19H28O4Si. The molecule has 1 aliphatic heterocycles. The number of benzene rings is 1. The van der Waals surface area contributed by atoms with Crippen LogP contribution in [0.4, 0.5) is 0 Å². The molecule has 0 bridgehead atoms. The van der Waals surface area contributed by atoms with Crippen LogP contribution < -0.4 is 4.74 Å². The van der Waals surface area contributed by atoms with E-state index < -0.39 is 8.07 Å². The SMILES string of the molecule is CC(C)=CCc1c(O)c(C)c2c(c1OCC[Si](C)(C)C)C(=O)OC2. The Labute approximate surface area is 145 Å². The van der Waals surface area contributed by atoms with Gasteiger partial charge in [0.2, 0.25) is 0 Å². The second-order valence-corrected chi connectivity index (χ2v) is 13.5. The molecule has 1 aliphatic rings. The zero-order valence-corrected chi connectivity index (χ0v) is 16.6. The van der Waals surface area contributed by atoms with Crippen LogP contribution in [0.15, 0.2) is 11.6 Å². The number of allylic oxidation sites excluding steroid dienone is 2. The summed E-state index contributed by atoms with van der Waals surface area (Å²) in [5, 5.41) is 10.6. The molecule has 2 rings (SSSR count). The first-order valence-corrected chi connectivity index (χ1v) is 12.1. The van der Waals surface area contributed by atoms with Gasteiger partial charge in [0.05, 0.1) is 6.61 Å². The van der Waals surface area contributed by atoms with Gasteiger partial charge in [0.25, 0.3) is 0 Å². The molecule has 1 aromatic carbocycles. The molecule has 0 fully saturated rings. The van der Waals surface area contributed by atoms with E-state index in [2.05, 4.69) is 19.6 Å². The summed E-state index contributed by atoms with van der Waals surface area (Å²) in [5.74, 6) is 0.369. The van der Waals surface area contributed by atoms with Crippen molar-refractivity contribution in [2.75, 3.05) is 6.61 Å². The molecule has 1 aromatic rings. The van der Waals surface area contributed by atoms with Crippen LogP contribution in [0, 0.1) is 6.92 Å². The lowest BCUT2D eigenvalue weighted by atomic mass is 9.95. The number of rotatable bonds is 6. The predicted octanol–water partition coefficient (Wildman–Crippen LogP) is 4.60. The highest BCUT2D eigenvalue weighted by Crippen LogP contribution is 2.42. The number of aromatic hydroxyl groups is 1. The topological polar surface area (TPSA) is 55.8 Å². The minimum atomic E-state index is -1.25. The quantitative estimate of drug-likeness (QED) is 0.464. The average molecular weight is 349 g/mol. The van der Waals surface area contributed by atoms with Gasteiger partial charge in [-0.1, -0.05) is 31.3 Å². The zero-order valence-electron chi connectivity index (χ0n) is 15.6. The van der Waals surface area contributed by atoms with Crippen molar-refractivity contribution in [1.29, 1.82) is 0 Å². The van der Waals surface area contributed by atoms with Crippen LogP contribution in [0.5, 0.6) is 11.5 Å². The lowest BCUT2D eigenvalue weighted by Crippen LogP contribution is -2.23. The fraction of sp³-hybridized carbons (Fsp3) is 0.526. The van der Waals surface area contributed by atoms with Crippen molar-refractivity contribution in [2.24, 2.45) is 0 Å². The summed E-state index contributed by atoms with van der Waals surface area (Å²) in [5.41, 5.74) is 3.80. The number of cyclic esters (lactones) is 1. The number of phenolic OH excluding ortho intramolecular Hbond substituents is 1. The van der Waals surface area contributed by atoms with Gasteiger partial charge < -0.3 is 14.6 Å². The Morgan fingerprint density at radius 2 is 2.00 bits per heavy atom. The molecule has 0 unspecified atom stereocenters. The first kappa shape index (κ1) is 18.6. The molecule has 5 heteroatoms. The van der Waals surface area contributed by atoms with Crippen molar-refractivity contribution in [3.8, 4) is 11.5 Å². The molecule has 1 N–H and O–H groups in total. The summed E-state index contributed by atoms with van der Waals surface area (Å²) < 4.78 is 11.2. The van der Waals surface area contributed by atoms with Crippen molar-refractivity contribution in [3.05, 3.63) is 33.9 Å². The van der Waals surface area contributed by atoms with Gasteiger partial charge in [-0.05, 0) is 38.8 Å². The summed E-state index contributed by atoms with van der Waals surface area (Å²) in [6, 6.07) is 0.994. The van der Waals surface area contributed by atoms with Crippen molar-refractivity contribution in [3.63, 3.8) is 0 Å². The number of hydrogen-bond donors (Lipinski definition) is 1. The van der Waals surface area contributed by atoms with E-state index in [0.29, 0.717) is 35.5 Å². The molecule has 0 spiro atoms. The van der Waals surface area contributed by atoms with Crippen LogP contribution >= 0.6 is 0 Å². The van der Waals surface area contributed by atoms with E-state index in [1.807, 2.05) is 26.8 Å². The van der Waals surface area contributed by atoms with E-state index in [-0.39, 0.29) is 18.3 Å². The molecular weight excluding hydrogens is 320 g/mol. The summed E-state index contributed by atoms with van der Waals surface area (Å²) in [6.45, 7) is 13.5. The number of phenols is 1. The molecule has 0 atom stereocenters. The van der Waals surface area contributed by atoms with E-state index >= 15 is 0 Å². The van der Waals surface area contributed by atoms with E-state index in [4.69, 9.17) is 9.47 Å². The van der Waals surface area contributed by atoms with Gasteiger partial charge in [-0.25, -0.2) is 4.79 Å². The third-order valence-electron chi connectivity index (χ3n) is 4.26. The van der Waals surface area contributed by atoms with Crippen LogP contribution in [0.2, 0.25) is 25.7 Å².